The normalized spacial score (nSPS) is 18.4. The number of nitrogens with one attached hydrogen (secondary N) is 2. The minimum Gasteiger partial charge on any atom is -0.349 e. The second kappa shape index (κ2) is 8.03. The largest absolute Gasteiger partial charge is 0.349 e. The maximum atomic E-state index is 13.5. The van der Waals surface area contributed by atoms with Gasteiger partial charge in [0.05, 0.1) is 6.04 Å². The third-order valence-corrected chi connectivity index (χ3v) is 5.37. The van der Waals surface area contributed by atoms with Gasteiger partial charge in [0.1, 0.15) is 5.82 Å². The number of amides is 3. The second-order valence-corrected chi connectivity index (χ2v) is 7.40. The fourth-order valence-corrected chi connectivity index (χ4v) is 3.91. The van der Waals surface area contributed by atoms with Gasteiger partial charge in [-0.25, -0.2) is 4.39 Å². The van der Waals surface area contributed by atoms with Crippen molar-refractivity contribution in [2.24, 2.45) is 0 Å². The zero-order valence-electron chi connectivity index (χ0n) is 15.9. The van der Waals surface area contributed by atoms with Crippen LogP contribution in [-0.4, -0.2) is 24.3 Å². The topological polar surface area (TPSA) is 78.5 Å². The van der Waals surface area contributed by atoms with Gasteiger partial charge in [-0.1, -0.05) is 12.1 Å². The second-order valence-electron chi connectivity index (χ2n) is 7.40. The van der Waals surface area contributed by atoms with E-state index in [1.807, 2.05) is 18.2 Å². The van der Waals surface area contributed by atoms with Gasteiger partial charge < -0.3 is 15.5 Å². The number of benzene rings is 2. The number of nitrogens with zero attached hydrogens (tertiary/aromatic N) is 1. The Morgan fingerprint density at radius 3 is 2.79 bits per heavy atom. The van der Waals surface area contributed by atoms with E-state index in [0.717, 1.165) is 17.5 Å². The van der Waals surface area contributed by atoms with Crippen molar-refractivity contribution in [2.45, 2.75) is 38.1 Å². The first-order valence-electron chi connectivity index (χ1n) is 9.77. The molecule has 2 heterocycles. The summed E-state index contributed by atoms with van der Waals surface area (Å²) in [5.41, 5.74) is 3.07. The first kappa shape index (κ1) is 19.1. The number of hydrogen-bond acceptors (Lipinski definition) is 3. The molecule has 0 bridgehead atoms. The third-order valence-electron chi connectivity index (χ3n) is 5.37. The van der Waals surface area contributed by atoms with Crippen molar-refractivity contribution in [1.82, 2.24) is 5.32 Å². The van der Waals surface area contributed by atoms with Gasteiger partial charge in [0, 0.05) is 37.2 Å². The standard InChI is InChI=1S/C22H22FN3O3/c23-16-5-7-19-15(12-16)4-9-22(29)26(19)11-10-21(28)24-17-3-1-2-14(13-17)18-6-8-20(27)25-18/h1-3,5,7,12-13,18H,4,6,8-11H2,(H,24,28)(H,25,27). The third kappa shape index (κ3) is 4.29. The summed E-state index contributed by atoms with van der Waals surface area (Å²) in [6, 6.07) is 11.8. The van der Waals surface area contributed by atoms with Crippen molar-refractivity contribution in [3.05, 3.63) is 59.4 Å². The molecular formula is C22H22FN3O3. The highest BCUT2D eigenvalue weighted by Crippen LogP contribution is 2.29. The van der Waals surface area contributed by atoms with Crippen LogP contribution in [-0.2, 0) is 20.8 Å². The van der Waals surface area contributed by atoms with Crippen LogP contribution in [0.1, 0.15) is 42.9 Å². The van der Waals surface area contributed by atoms with Gasteiger partial charge in [-0.15, -0.1) is 0 Å². The van der Waals surface area contributed by atoms with Gasteiger partial charge in [-0.05, 0) is 54.3 Å². The van der Waals surface area contributed by atoms with Crippen LogP contribution in [0, 0.1) is 5.82 Å². The average molecular weight is 395 g/mol. The van der Waals surface area contributed by atoms with Crippen molar-refractivity contribution >= 4 is 29.1 Å². The lowest BCUT2D eigenvalue weighted by Crippen LogP contribution is -2.37. The highest BCUT2D eigenvalue weighted by Gasteiger charge is 2.25. The number of anilines is 2. The molecule has 1 saturated heterocycles. The minimum atomic E-state index is -0.325. The molecular weight excluding hydrogens is 373 g/mol. The Hall–Kier alpha value is -3.22. The van der Waals surface area contributed by atoms with Crippen LogP contribution in [0.4, 0.5) is 15.8 Å². The molecule has 2 aliphatic rings. The van der Waals surface area contributed by atoms with Gasteiger partial charge in [0.2, 0.25) is 17.7 Å². The number of fused-ring (bicyclic) bond motifs is 1. The summed E-state index contributed by atoms with van der Waals surface area (Å²) in [5.74, 6) is -0.555. The molecule has 2 N–H and O–H groups in total. The Labute approximate surface area is 168 Å². The van der Waals surface area contributed by atoms with Gasteiger partial charge >= 0.3 is 0 Å². The van der Waals surface area contributed by atoms with Crippen LogP contribution < -0.4 is 15.5 Å². The molecule has 2 aromatic rings. The molecule has 2 aliphatic heterocycles. The summed E-state index contributed by atoms with van der Waals surface area (Å²) < 4.78 is 13.5. The molecule has 29 heavy (non-hydrogen) atoms. The van der Waals surface area contributed by atoms with E-state index in [-0.39, 0.29) is 42.5 Å². The average Bonchev–Trinajstić information content (AvgIpc) is 3.14. The van der Waals surface area contributed by atoms with Crippen LogP contribution in [0.3, 0.4) is 0 Å². The van der Waals surface area contributed by atoms with E-state index < -0.39 is 0 Å². The van der Waals surface area contributed by atoms with Crippen LogP contribution in [0.25, 0.3) is 0 Å². The van der Waals surface area contributed by atoms with Gasteiger partial charge in [0.15, 0.2) is 0 Å². The quantitative estimate of drug-likeness (QED) is 0.817. The Kier molecular flexibility index (Phi) is 5.29. The monoisotopic (exact) mass is 395 g/mol. The number of carbonyl (C=O) groups is 3. The van der Waals surface area contributed by atoms with E-state index in [4.69, 9.17) is 0 Å². The Bertz CT molecular complexity index is 976. The first-order chi connectivity index (χ1) is 14.0. The molecule has 0 spiro atoms. The van der Waals surface area contributed by atoms with Crippen LogP contribution in [0.15, 0.2) is 42.5 Å². The Morgan fingerprint density at radius 1 is 1.14 bits per heavy atom. The van der Waals surface area contributed by atoms with Crippen molar-refractivity contribution in [3.8, 4) is 0 Å². The van der Waals surface area contributed by atoms with Gasteiger partial charge in [-0.2, -0.15) is 0 Å². The molecule has 0 aliphatic carbocycles. The van der Waals surface area contributed by atoms with Gasteiger partial charge in [-0.3, -0.25) is 14.4 Å². The van der Waals surface area contributed by atoms with E-state index >= 15 is 0 Å². The lowest BCUT2D eigenvalue weighted by Gasteiger charge is -2.29. The smallest absolute Gasteiger partial charge is 0.227 e. The molecule has 2 aromatic carbocycles. The molecule has 0 aromatic heterocycles. The number of carbonyl (C=O) groups excluding carboxylic acids is 3. The number of hydrogen-bond donors (Lipinski definition) is 2. The fourth-order valence-electron chi connectivity index (χ4n) is 3.91. The number of aryl methyl sites for hydroxylation is 1. The molecule has 7 heteroatoms. The van der Waals surface area contributed by atoms with Crippen molar-refractivity contribution in [1.29, 1.82) is 0 Å². The van der Waals surface area contributed by atoms with Gasteiger partial charge in [0.25, 0.3) is 0 Å². The molecule has 6 nitrogen and oxygen atoms in total. The SMILES string of the molecule is O=C(CCN1C(=O)CCc2cc(F)ccc21)Nc1cccc(C2CCC(=O)N2)c1. The van der Waals surface area contributed by atoms with Crippen LogP contribution in [0.5, 0.6) is 0 Å². The molecule has 1 fully saturated rings. The van der Waals surface area contributed by atoms with Crippen LogP contribution >= 0.6 is 0 Å². The summed E-state index contributed by atoms with van der Waals surface area (Å²) in [7, 11) is 0. The minimum absolute atomic E-state index is 0.0257. The zero-order valence-corrected chi connectivity index (χ0v) is 15.9. The highest BCUT2D eigenvalue weighted by molar-refractivity contribution is 5.98. The zero-order chi connectivity index (χ0) is 20.4. The molecule has 1 atom stereocenters. The van der Waals surface area contributed by atoms with Crippen molar-refractivity contribution in [2.75, 3.05) is 16.8 Å². The number of rotatable bonds is 5. The maximum Gasteiger partial charge on any atom is 0.227 e. The van der Waals surface area contributed by atoms with Crippen molar-refractivity contribution < 1.29 is 18.8 Å². The first-order valence-corrected chi connectivity index (χ1v) is 9.77. The van der Waals surface area contributed by atoms with E-state index in [1.54, 1.807) is 17.0 Å². The maximum absolute atomic E-state index is 13.5. The molecule has 3 amide bonds. The highest BCUT2D eigenvalue weighted by atomic mass is 19.1. The summed E-state index contributed by atoms with van der Waals surface area (Å²) in [4.78, 5) is 37.7. The molecule has 4 rings (SSSR count). The Morgan fingerprint density at radius 2 is 2.00 bits per heavy atom. The summed E-state index contributed by atoms with van der Waals surface area (Å²) in [6.45, 7) is 0.238. The fraction of sp³-hybridized carbons (Fsp3) is 0.318. The van der Waals surface area contributed by atoms with E-state index in [1.165, 1.54) is 12.1 Å². The molecule has 0 saturated carbocycles. The van der Waals surface area contributed by atoms with Crippen LogP contribution in [0.2, 0.25) is 0 Å². The predicted octanol–water partition coefficient (Wildman–Crippen LogP) is 3.08. The molecule has 0 radical (unpaired) electrons. The lowest BCUT2D eigenvalue weighted by molar-refractivity contribution is -0.120. The molecule has 1 unspecified atom stereocenters. The summed E-state index contributed by atoms with van der Waals surface area (Å²) in [6.07, 6.45) is 2.21. The number of halogens is 1. The summed E-state index contributed by atoms with van der Waals surface area (Å²) >= 11 is 0. The molecule has 150 valence electrons. The lowest BCUT2D eigenvalue weighted by atomic mass is 10.0. The predicted molar refractivity (Wildman–Crippen MR) is 107 cm³/mol. The summed E-state index contributed by atoms with van der Waals surface area (Å²) in [5, 5.41) is 5.77. The van der Waals surface area contributed by atoms with E-state index in [0.29, 0.717) is 30.6 Å². The Balaban J connectivity index is 1.38. The van der Waals surface area contributed by atoms with E-state index in [2.05, 4.69) is 10.6 Å². The van der Waals surface area contributed by atoms with Crippen molar-refractivity contribution in [3.63, 3.8) is 0 Å². The van der Waals surface area contributed by atoms with E-state index in [9.17, 15) is 18.8 Å².